The Morgan fingerprint density at radius 1 is 1.37 bits per heavy atom. The van der Waals surface area contributed by atoms with Crippen LogP contribution < -0.4 is 16.4 Å². The van der Waals surface area contributed by atoms with Crippen molar-refractivity contribution in [2.24, 2.45) is 0 Å². The lowest BCUT2D eigenvalue weighted by molar-refractivity contribution is -0.119. The van der Waals surface area contributed by atoms with Crippen LogP contribution in [0.5, 0.6) is 0 Å². The fourth-order valence-electron chi connectivity index (χ4n) is 3.31. The third-order valence-corrected chi connectivity index (χ3v) is 5.13. The minimum atomic E-state index is -0.421. The van der Waals surface area contributed by atoms with Gasteiger partial charge in [-0.15, -0.1) is 0 Å². The summed E-state index contributed by atoms with van der Waals surface area (Å²) < 4.78 is 14.0. The summed E-state index contributed by atoms with van der Waals surface area (Å²) in [6.45, 7) is 6.17. The van der Waals surface area contributed by atoms with Crippen LogP contribution in [-0.4, -0.2) is 36.3 Å². The van der Waals surface area contributed by atoms with E-state index in [0.717, 1.165) is 12.8 Å². The number of carbonyl (C=O) groups is 2. The van der Waals surface area contributed by atoms with Crippen molar-refractivity contribution in [1.82, 2.24) is 15.6 Å². The number of aromatic nitrogens is 1. The third-order valence-electron chi connectivity index (χ3n) is 4.63. The molecule has 0 saturated carbocycles. The number of carbonyl (C=O) groups excluding carboxylic acids is 2. The normalized spacial score (nSPS) is 19.7. The van der Waals surface area contributed by atoms with Crippen molar-refractivity contribution in [3.05, 3.63) is 58.1 Å². The number of nitrogens with one attached hydrogen (secondary N) is 2. The van der Waals surface area contributed by atoms with Gasteiger partial charge in [-0.1, -0.05) is 29.3 Å². The van der Waals surface area contributed by atoms with Gasteiger partial charge < -0.3 is 21.2 Å². The number of rotatable bonds is 4. The molecule has 0 bridgehead atoms. The molecule has 1 fully saturated rings. The van der Waals surface area contributed by atoms with Crippen molar-refractivity contribution in [1.29, 1.82) is 0 Å². The Hall–Kier alpha value is -2.22. The SMILES string of the molecule is C=O.CC(=O)NCCC1CC(c2ccnc(Cl)c2F)C(C)N1.Nc1cccc(Cl)c1. The highest BCUT2D eigenvalue weighted by atomic mass is 35.5. The Labute approximate surface area is 186 Å². The first-order valence-corrected chi connectivity index (χ1v) is 10.1. The maximum Gasteiger partial charge on any atom is 0.216 e. The van der Waals surface area contributed by atoms with Crippen LogP contribution in [0.3, 0.4) is 0 Å². The number of anilines is 1. The zero-order chi connectivity index (χ0) is 22.7. The fourth-order valence-corrected chi connectivity index (χ4v) is 3.68. The highest BCUT2D eigenvalue weighted by Gasteiger charge is 2.33. The summed E-state index contributed by atoms with van der Waals surface area (Å²) in [6, 6.07) is 9.25. The first kappa shape index (κ1) is 25.8. The summed E-state index contributed by atoms with van der Waals surface area (Å²) in [5, 5.41) is 6.83. The van der Waals surface area contributed by atoms with E-state index in [2.05, 4.69) is 15.6 Å². The second-order valence-corrected chi connectivity index (χ2v) is 7.62. The molecule has 1 aliphatic rings. The highest BCUT2D eigenvalue weighted by Crippen LogP contribution is 2.34. The zero-order valence-corrected chi connectivity index (χ0v) is 18.5. The van der Waals surface area contributed by atoms with Gasteiger partial charge in [-0.05, 0) is 49.6 Å². The Morgan fingerprint density at radius 3 is 2.63 bits per heavy atom. The third kappa shape index (κ3) is 8.26. The van der Waals surface area contributed by atoms with E-state index in [4.69, 9.17) is 33.7 Å². The van der Waals surface area contributed by atoms with Gasteiger partial charge in [-0.3, -0.25) is 4.79 Å². The number of hydrogen-bond donors (Lipinski definition) is 3. The van der Waals surface area contributed by atoms with E-state index in [1.165, 1.54) is 13.1 Å². The van der Waals surface area contributed by atoms with E-state index >= 15 is 0 Å². The number of nitrogens with zero attached hydrogens (tertiary/aromatic N) is 1. The van der Waals surface area contributed by atoms with E-state index in [-0.39, 0.29) is 29.1 Å². The quantitative estimate of drug-likeness (QED) is 0.477. The van der Waals surface area contributed by atoms with Crippen LogP contribution in [0.2, 0.25) is 10.2 Å². The van der Waals surface area contributed by atoms with Crippen molar-refractivity contribution >= 4 is 41.6 Å². The van der Waals surface area contributed by atoms with Gasteiger partial charge in [0.2, 0.25) is 5.91 Å². The zero-order valence-electron chi connectivity index (χ0n) is 17.0. The van der Waals surface area contributed by atoms with Gasteiger partial charge >= 0.3 is 0 Å². The summed E-state index contributed by atoms with van der Waals surface area (Å²) in [5.41, 5.74) is 6.70. The van der Waals surface area contributed by atoms with Crippen LogP contribution in [0.15, 0.2) is 36.5 Å². The number of halogens is 3. The molecule has 1 aliphatic heterocycles. The topological polar surface area (TPSA) is 97.1 Å². The number of hydrogen-bond acceptors (Lipinski definition) is 5. The number of benzene rings is 1. The van der Waals surface area contributed by atoms with Crippen molar-refractivity contribution in [2.75, 3.05) is 12.3 Å². The molecule has 2 aromatic rings. The summed E-state index contributed by atoms with van der Waals surface area (Å²) in [4.78, 5) is 22.6. The number of amides is 1. The van der Waals surface area contributed by atoms with Gasteiger partial charge in [0.1, 0.15) is 6.79 Å². The van der Waals surface area contributed by atoms with Crippen LogP contribution >= 0.6 is 23.2 Å². The molecule has 0 aliphatic carbocycles. The second-order valence-electron chi connectivity index (χ2n) is 6.83. The Kier molecular flexibility index (Phi) is 11.3. The van der Waals surface area contributed by atoms with E-state index in [1.807, 2.05) is 19.8 Å². The first-order valence-electron chi connectivity index (χ1n) is 9.38. The van der Waals surface area contributed by atoms with Gasteiger partial charge in [0.15, 0.2) is 11.0 Å². The monoisotopic (exact) mass is 456 g/mol. The van der Waals surface area contributed by atoms with Crippen LogP contribution in [0.1, 0.15) is 38.2 Å². The maximum atomic E-state index is 14.0. The Bertz CT molecular complexity index is 808. The summed E-state index contributed by atoms with van der Waals surface area (Å²) in [5.74, 6) is -0.368. The molecule has 1 amide bonds. The van der Waals surface area contributed by atoms with Gasteiger partial charge in [0.05, 0.1) is 0 Å². The van der Waals surface area contributed by atoms with Crippen LogP contribution in [0, 0.1) is 5.82 Å². The van der Waals surface area contributed by atoms with Crippen molar-refractivity contribution in [3.63, 3.8) is 0 Å². The molecule has 1 aromatic heterocycles. The van der Waals surface area contributed by atoms with Gasteiger partial charge in [-0.25, -0.2) is 9.37 Å². The minimum absolute atomic E-state index is 0.0282. The highest BCUT2D eigenvalue weighted by molar-refractivity contribution is 6.30. The van der Waals surface area contributed by atoms with E-state index in [9.17, 15) is 9.18 Å². The van der Waals surface area contributed by atoms with E-state index < -0.39 is 5.82 Å². The molecule has 0 radical (unpaired) electrons. The standard InChI is InChI=1S/C14H19ClFN3O.C6H6ClN.CH2O/c1-8-12(11-4-6-18-14(15)13(11)16)7-10(19-8)3-5-17-9(2)20;7-5-2-1-3-6(8)4-5;1-2/h4,6,8,10,12,19H,3,5,7H2,1-2H3,(H,17,20);1-4H,8H2;1H2. The number of pyridine rings is 1. The maximum absolute atomic E-state index is 14.0. The molecule has 0 spiro atoms. The average molecular weight is 457 g/mol. The molecule has 6 nitrogen and oxygen atoms in total. The summed E-state index contributed by atoms with van der Waals surface area (Å²) >= 11 is 11.3. The molecule has 164 valence electrons. The lowest BCUT2D eigenvalue weighted by Gasteiger charge is -2.15. The van der Waals surface area contributed by atoms with Gasteiger partial charge in [-0.2, -0.15) is 0 Å². The number of nitrogens with two attached hydrogens (primary N) is 1. The molecule has 9 heteroatoms. The summed E-state index contributed by atoms with van der Waals surface area (Å²) in [6.07, 6.45) is 3.21. The fraction of sp³-hybridized carbons (Fsp3) is 0.381. The molecule has 2 heterocycles. The molecule has 3 atom stereocenters. The summed E-state index contributed by atoms with van der Waals surface area (Å²) in [7, 11) is 0. The first-order chi connectivity index (χ1) is 14.3. The smallest absolute Gasteiger partial charge is 0.216 e. The Morgan fingerprint density at radius 2 is 2.07 bits per heavy atom. The van der Waals surface area contributed by atoms with Crippen molar-refractivity contribution in [3.8, 4) is 0 Å². The molecule has 3 unspecified atom stereocenters. The average Bonchev–Trinajstić information content (AvgIpc) is 3.06. The molecule has 1 saturated heterocycles. The minimum Gasteiger partial charge on any atom is -0.399 e. The van der Waals surface area contributed by atoms with Crippen LogP contribution in [-0.2, 0) is 9.59 Å². The van der Waals surface area contributed by atoms with E-state index in [0.29, 0.717) is 22.8 Å². The molecule has 3 rings (SSSR count). The number of nitrogen functional groups attached to an aromatic ring is 1. The molecule has 1 aromatic carbocycles. The molecule has 4 N–H and O–H groups in total. The molecular formula is C21H27Cl2FN4O2. The lowest BCUT2D eigenvalue weighted by Crippen LogP contribution is -2.32. The second kappa shape index (κ2) is 13.2. The van der Waals surface area contributed by atoms with Crippen LogP contribution in [0.25, 0.3) is 0 Å². The predicted octanol–water partition coefficient (Wildman–Crippen LogP) is 3.97. The van der Waals surface area contributed by atoms with Crippen molar-refractivity contribution < 1.29 is 14.0 Å². The lowest BCUT2D eigenvalue weighted by atomic mass is 9.91. The van der Waals surface area contributed by atoms with Crippen molar-refractivity contribution in [2.45, 2.75) is 44.7 Å². The van der Waals surface area contributed by atoms with Gasteiger partial charge in [0, 0.05) is 48.4 Å². The van der Waals surface area contributed by atoms with Crippen LogP contribution in [0.4, 0.5) is 10.1 Å². The molecular weight excluding hydrogens is 430 g/mol. The van der Waals surface area contributed by atoms with E-state index in [1.54, 1.807) is 24.3 Å². The molecule has 30 heavy (non-hydrogen) atoms. The van der Waals surface area contributed by atoms with Gasteiger partial charge in [0.25, 0.3) is 0 Å². The predicted molar refractivity (Wildman–Crippen MR) is 119 cm³/mol. The Balaban J connectivity index is 0.000000375. The largest absolute Gasteiger partial charge is 0.399 e.